The van der Waals surface area contributed by atoms with Crippen molar-refractivity contribution < 1.29 is 4.92 Å². The van der Waals surface area contributed by atoms with Crippen LogP contribution in [0.4, 0.5) is 17.2 Å². The summed E-state index contributed by atoms with van der Waals surface area (Å²) in [5.74, 6) is 0.252. The van der Waals surface area contributed by atoms with Crippen molar-refractivity contribution in [1.29, 1.82) is 5.26 Å². The van der Waals surface area contributed by atoms with E-state index in [1.165, 1.54) is 12.1 Å². The molecule has 0 aliphatic rings. The van der Waals surface area contributed by atoms with Gasteiger partial charge in [-0.2, -0.15) is 5.26 Å². The maximum absolute atomic E-state index is 10.8. The molecular weight excluding hydrogens is 280 g/mol. The van der Waals surface area contributed by atoms with Crippen LogP contribution in [0.25, 0.3) is 0 Å². The molecule has 0 spiro atoms. The van der Waals surface area contributed by atoms with E-state index in [1.54, 1.807) is 18.2 Å². The topological polar surface area (TPSA) is 91.8 Å². The molecule has 0 aliphatic heterocycles. The van der Waals surface area contributed by atoms with Crippen molar-refractivity contribution in [3.63, 3.8) is 0 Å². The van der Waals surface area contributed by atoms with Crippen LogP contribution in [0.5, 0.6) is 0 Å². The molecule has 0 aliphatic carbocycles. The number of nitrogens with one attached hydrogen (secondary N) is 1. The van der Waals surface area contributed by atoms with Crippen molar-refractivity contribution in [2.75, 3.05) is 5.32 Å². The van der Waals surface area contributed by atoms with Crippen LogP contribution in [0.15, 0.2) is 30.3 Å². The summed E-state index contributed by atoms with van der Waals surface area (Å²) < 4.78 is 0. The molecule has 0 bridgehead atoms. The van der Waals surface area contributed by atoms with Gasteiger partial charge in [0.05, 0.1) is 28.7 Å². The van der Waals surface area contributed by atoms with Crippen LogP contribution in [0.3, 0.4) is 0 Å². The Kier molecular flexibility index (Phi) is 3.82. The second-order valence-electron chi connectivity index (χ2n) is 4.06. The van der Waals surface area contributed by atoms with Gasteiger partial charge in [-0.1, -0.05) is 17.7 Å². The molecule has 2 aromatic rings. The van der Waals surface area contributed by atoms with Gasteiger partial charge >= 0.3 is 0 Å². The first-order chi connectivity index (χ1) is 9.49. The second-order valence-corrected chi connectivity index (χ2v) is 4.44. The van der Waals surface area contributed by atoms with Gasteiger partial charge in [0.25, 0.3) is 5.69 Å². The van der Waals surface area contributed by atoms with Crippen LogP contribution in [0, 0.1) is 28.4 Å². The monoisotopic (exact) mass is 288 g/mol. The maximum Gasteiger partial charge on any atom is 0.276 e. The minimum atomic E-state index is -0.544. The molecule has 0 amide bonds. The largest absolute Gasteiger partial charge is 0.340 e. The third kappa shape index (κ3) is 3.02. The number of nitrogens with zero attached hydrogens (tertiary/aromatic N) is 3. The number of nitriles is 1. The van der Waals surface area contributed by atoms with Gasteiger partial charge in [-0.15, -0.1) is 0 Å². The number of pyridine rings is 1. The Balaban J connectivity index is 2.40. The van der Waals surface area contributed by atoms with Gasteiger partial charge in [0.1, 0.15) is 11.0 Å². The summed E-state index contributed by atoms with van der Waals surface area (Å²) in [5, 5.41) is 22.6. The standard InChI is InChI=1S/C13H9ClN4O2/c1-8-2-3-9(7-15)4-11(8)16-13-6-10(18(19)20)5-12(14)17-13/h2-6H,1H3,(H,16,17). The number of benzene rings is 1. The van der Waals surface area contributed by atoms with E-state index in [2.05, 4.69) is 10.3 Å². The van der Waals surface area contributed by atoms with Crippen molar-refractivity contribution in [2.45, 2.75) is 6.92 Å². The van der Waals surface area contributed by atoms with Crippen molar-refractivity contribution in [2.24, 2.45) is 0 Å². The lowest BCUT2D eigenvalue weighted by Crippen LogP contribution is -1.98. The predicted octanol–water partition coefficient (Wildman–Crippen LogP) is 3.57. The molecule has 0 unspecified atom stereocenters. The fourth-order valence-corrected chi connectivity index (χ4v) is 1.82. The van der Waals surface area contributed by atoms with Crippen molar-refractivity contribution in [3.8, 4) is 6.07 Å². The van der Waals surface area contributed by atoms with Crippen LogP contribution in [0.1, 0.15) is 11.1 Å². The number of rotatable bonds is 3. The lowest BCUT2D eigenvalue weighted by atomic mass is 10.1. The highest BCUT2D eigenvalue weighted by Crippen LogP contribution is 2.25. The second kappa shape index (κ2) is 5.55. The zero-order valence-electron chi connectivity index (χ0n) is 10.4. The van der Waals surface area contributed by atoms with Gasteiger partial charge < -0.3 is 5.32 Å². The van der Waals surface area contributed by atoms with E-state index in [0.717, 1.165) is 5.56 Å². The first-order valence-corrected chi connectivity index (χ1v) is 5.97. The number of halogens is 1. The normalized spacial score (nSPS) is 9.85. The summed E-state index contributed by atoms with van der Waals surface area (Å²) >= 11 is 5.75. The molecule has 1 heterocycles. The Morgan fingerprint density at radius 1 is 1.40 bits per heavy atom. The number of anilines is 2. The van der Waals surface area contributed by atoms with E-state index >= 15 is 0 Å². The van der Waals surface area contributed by atoms with Gasteiger partial charge in [0, 0.05) is 5.69 Å². The molecular formula is C13H9ClN4O2. The first-order valence-electron chi connectivity index (χ1n) is 5.59. The zero-order chi connectivity index (χ0) is 14.7. The lowest BCUT2D eigenvalue weighted by Gasteiger charge is -2.09. The Hall–Kier alpha value is -2.65. The fraction of sp³-hybridized carbons (Fsp3) is 0.0769. The molecule has 0 atom stereocenters. The van der Waals surface area contributed by atoms with E-state index in [-0.39, 0.29) is 16.7 Å². The number of aromatic nitrogens is 1. The van der Waals surface area contributed by atoms with Gasteiger partial charge in [-0.3, -0.25) is 10.1 Å². The fourth-order valence-electron chi connectivity index (χ4n) is 1.62. The Bertz CT molecular complexity index is 725. The quantitative estimate of drug-likeness (QED) is 0.529. The number of hydrogen-bond acceptors (Lipinski definition) is 5. The van der Waals surface area contributed by atoms with E-state index in [4.69, 9.17) is 16.9 Å². The average molecular weight is 289 g/mol. The average Bonchev–Trinajstić information content (AvgIpc) is 2.40. The Labute approximate surface area is 119 Å². The summed E-state index contributed by atoms with van der Waals surface area (Å²) in [6.07, 6.45) is 0. The number of aryl methyl sites for hydroxylation is 1. The highest BCUT2D eigenvalue weighted by molar-refractivity contribution is 6.29. The van der Waals surface area contributed by atoms with E-state index in [1.807, 2.05) is 13.0 Å². The van der Waals surface area contributed by atoms with E-state index in [0.29, 0.717) is 11.3 Å². The van der Waals surface area contributed by atoms with Crippen LogP contribution in [-0.2, 0) is 0 Å². The van der Waals surface area contributed by atoms with Crippen molar-refractivity contribution in [3.05, 3.63) is 56.7 Å². The smallest absolute Gasteiger partial charge is 0.276 e. The van der Waals surface area contributed by atoms with Crippen LogP contribution >= 0.6 is 11.6 Å². The highest BCUT2D eigenvalue weighted by atomic mass is 35.5. The van der Waals surface area contributed by atoms with Gasteiger partial charge in [-0.25, -0.2) is 4.98 Å². The third-order valence-corrected chi connectivity index (χ3v) is 2.81. The van der Waals surface area contributed by atoms with Crippen molar-refractivity contribution >= 4 is 28.8 Å². The third-order valence-electron chi connectivity index (χ3n) is 2.62. The van der Waals surface area contributed by atoms with Gasteiger partial charge in [-0.05, 0) is 24.6 Å². The highest BCUT2D eigenvalue weighted by Gasteiger charge is 2.11. The predicted molar refractivity (Wildman–Crippen MR) is 75.1 cm³/mol. The van der Waals surface area contributed by atoms with Gasteiger partial charge in [0.15, 0.2) is 0 Å². The van der Waals surface area contributed by atoms with Crippen LogP contribution in [-0.4, -0.2) is 9.91 Å². The first kappa shape index (κ1) is 13.8. The number of hydrogen-bond donors (Lipinski definition) is 1. The Morgan fingerprint density at radius 3 is 2.80 bits per heavy atom. The molecule has 2 rings (SSSR count). The Morgan fingerprint density at radius 2 is 2.15 bits per heavy atom. The molecule has 1 aromatic heterocycles. The van der Waals surface area contributed by atoms with Crippen molar-refractivity contribution in [1.82, 2.24) is 4.98 Å². The van der Waals surface area contributed by atoms with Gasteiger partial charge in [0.2, 0.25) is 0 Å². The molecule has 0 saturated heterocycles. The van der Waals surface area contributed by atoms with Crippen LogP contribution in [0.2, 0.25) is 5.15 Å². The maximum atomic E-state index is 10.8. The molecule has 0 fully saturated rings. The molecule has 0 saturated carbocycles. The van der Waals surface area contributed by atoms with E-state index in [9.17, 15) is 10.1 Å². The molecule has 6 nitrogen and oxygen atoms in total. The summed E-state index contributed by atoms with van der Waals surface area (Å²) in [6, 6.07) is 9.59. The summed E-state index contributed by atoms with van der Waals surface area (Å²) in [4.78, 5) is 14.2. The minimum Gasteiger partial charge on any atom is -0.340 e. The zero-order valence-corrected chi connectivity index (χ0v) is 11.2. The lowest BCUT2D eigenvalue weighted by molar-refractivity contribution is -0.384. The molecule has 0 radical (unpaired) electrons. The number of nitro groups is 1. The SMILES string of the molecule is Cc1ccc(C#N)cc1Nc1cc([N+](=O)[O-])cc(Cl)n1. The molecule has 7 heteroatoms. The van der Waals surface area contributed by atoms with Crippen LogP contribution < -0.4 is 5.32 Å². The summed E-state index contributed by atoms with van der Waals surface area (Å²) in [5.41, 5.74) is 1.86. The molecule has 20 heavy (non-hydrogen) atoms. The molecule has 1 aromatic carbocycles. The molecule has 100 valence electrons. The minimum absolute atomic E-state index is 0.0239. The summed E-state index contributed by atoms with van der Waals surface area (Å²) in [6.45, 7) is 1.85. The van der Waals surface area contributed by atoms with E-state index < -0.39 is 4.92 Å². The molecule has 1 N–H and O–H groups in total. The summed E-state index contributed by atoms with van der Waals surface area (Å²) in [7, 11) is 0.